The largest absolute Gasteiger partial charge is 0.495 e. The molecular formula is C20H24ClN3O2. The molecule has 1 amide bonds. The molecule has 0 aliphatic carbocycles. The van der Waals surface area contributed by atoms with E-state index in [1.165, 1.54) is 6.92 Å². The highest BCUT2D eigenvalue weighted by Crippen LogP contribution is 2.39. The summed E-state index contributed by atoms with van der Waals surface area (Å²) in [5.41, 5.74) is 2.93. The molecule has 2 aromatic carbocycles. The monoisotopic (exact) mass is 373 g/mol. The predicted molar refractivity (Wildman–Crippen MR) is 108 cm³/mol. The van der Waals surface area contributed by atoms with Gasteiger partial charge in [-0.15, -0.1) is 0 Å². The summed E-state index contributed by atoms with van der Waals surface area (Å²) in [7, 11) is 3.52. The van der Waals surface area contributed by atoms with Crippen LogP contribution in [-0.2, 0) is 4.79 Å². The molecule has 5 nitrogen and oxygen atoms in total. The van der Waals surface area contributed by atoms with E-state index in [0.717, 1.165) is 12.1 Å². The van der Waals surface area contributed by atoms with Gasteiger partial charge in [-0.1, -0.05) is 23.7 Å². The van der Waals surface area contributed by atoms with Crippen LogP contribution in [0.3, 0.4) is 0 Å². The molecule has 0 aliphatic heterocycles. The van der Waals surface area contributed by atoms with Gasteiger partial charge in [0.2, 0.25) is 5.91 Å². The van der Waals surface area contributed by atoms with Crippen molar-refractivity contribution in [3.8, 4) is 5.75 Å². The van der Waals surface area contributed by atoms with Crippen molar-refractivity contribution < 1.29 is 9.53 Å². The first kappa shape index (κ1) is 19.8. The maximum Gasteiger partial charge on any atom is 0.228 e. The highest BCUT2D eigenvalue weighted by Gasteiger charge is 2.21. The Morgan fingerprint density at radius 2 is 1.96 bits per heavy atom. The minimum absolute atomic E-state index is 0.129. The summed E-state index contributed by atoms with van der Waals surface area (Å²) >= 11 is 6.44. The average Bonchev–Trinajstić information content (AvgIpc) is 2.63. The molecule has 0 aromatic heterocycles. The first-order chi connectivity index (χ1) is 12.4. The van der Waals surface area contributed by atoms with E-state index in [9.17, 15) is 4.79 Å². The second-order valence-electron chi connectivity index (χ2n) is 5.93. The highest BCUT2D eigenvalue weighted by molar-refractivity contribution is 6.33. The maximum atomic E-state index is 12.4. The number of hydrogen-bond donors (Lipinski definition) is 0. The number of aryl methyl sites for hydroxylation is 1. The molecule has 0 fully saturated rings. The fourth-order valence-electron chi connectivity index (χ4n) is 2.52. The van der Waals surface area contributed by atoms with Gasteiger partial charge in [0.25, 0.3) is 0 Å². The van der Waals surface area contributed by atoms with Gasteiger partial charge in [0.15, 0.2) is 0 Å². The number of carbonyl (C=O) groups is 1. The second-order valence-corrected chi connectivity index (χ2v) is 6.34. The molecule has 0 saturated heterocycles. The van der Waals surface area contributed by atoms with Crippen molar-refractivity contribution in [3.63, 3.8) is 0 Å². The zero-order valence-electron chi connectivity index (χ0n) is 15.8. The third-order valence-electron chi connectivity index (χ3n) is 4.04. The van der Waals surface area contributed by atoms with Gasteiger partial charge in [0, 0.05) is 20.5 Å². The quantitative estimate of drug-likeness (QED) is 0.531. The van der Waals surface area contributed by atoms with Gasteiger partial charge >= 0.3 is 0 Å². The molecule has 2 rings (SSSR count). The van der Waals surface area contributed by atoms with Crippen molar-refractivity contribution in [2.24, 2.45) is 4.99 Å². The lowest BCUT2D eigenvalue weighted by Crippen LogP contribution is -2.24. The summed E-state index contributed by atoms with van der Waals surface area (Å²) in [5, 5.41) is 0.479. The first-order valence-corrected chi connectivity index (χ1v) is 8.75. The summed E-state index contributed by atoms with van der Waals surface area (Å²) in [6.45, 7) is 6.34. The molecule has 0 N–H and O–H groups in total. The maximum absolute atomic E-state index is 12.4. The number of carbonyl (C=O) groups excluding carboxylic acids is 1. The standard InChI is InChI=1S/C20H24ClN3O2/c1-6-23(4)13-22-17-11-14(2)19(12-16(17)21)24(15(3)25)18-9-7-8-10-20(18)26-5/h7-13H,6H2,1-5H3/b22-13+. The van der Waals surface area contributed by atoms with E-state index in [1.807, 2.05) is 56.1 Å². The molecule has 0 radical (unpaired) electrons. The Labute approximate surface area is 159 Å². The summed E-state index contributed by atoms with van der Waals surface area (Å²) < 4.78 is 5.41. The Balaban J connectivity index is 2.52. The van der Waals surface area contributed by atoms with E-state index in [4.69, 9.17) is 16.3 Å². The van der Waals surface area contributed by atoms with Crippen LogP contribution in [0.2, 0.25) is 5.02 Å². The Kier molecular flexibility index (Phi) is 6.64. The number of anilines is 2. The minimum Gasteiger partial charge on any atom is -0.495 e. The van der Waals surface area contributed by atoms with Gasteiger partial charge in [-0.05, 0) is 43.7 Å². The molecule has 6 heteroatoms. The molecule has 0 saturated carbocycles. The number of methoxy groups -OCH3 is 1. The molecule has 2 aromatic rings. The van der Waals surface area contributed by atoms with Crippen molar-refractivity contribution >= 4 is 40.9 Å². The third kappa shape index (κ3) is 4.35. The van der Waals surface area contributed by atoms with Crippen LogP contribution in [0.25, 0.3) is 0 Å². The number of amides is 1. The third-order valence-corrected chi connectivity index (χ3v) is 4.34. The highest BCUT2D eigenvalue weighted by atomic mass is 35.5. The minimum atomic E-state index is -0.129. The SMILES string of the molecule is CCN(C)/C=N/c1cc(C)c(N(C(C)=O)c2ccccc2OC)cc1Cl. The Morgan fingerprint density at radius 3 is 2.58 bits per heavy atom. The number of nitrogens with zero attached hydrogens (tertiary/aromatic N) is 3. The first-order valence-electron chi connectivity index (χ1n) is 8.37. The van der Waals surface area contributed by atoms with Crippen LogP contribution in [0.4, 0.5) is 17.1 Å². The Morgan fingerprint density at radius 1 is 1.27 bits per heavy atom. The molecule has 0 atom stereocenters. The van der Waals surface area contributed by atoms with Crippen LogP contribution in [0.1, 0.15) is 19.4 Å². The number of para-hydroxylation sites is 2. The molecule has 0 aliphatic rings. The number of ether oxygens (including phenoxy) is 1. The molecule has 0 spiro atoms. The molecule has 26 heavy (non-hydrogen) atoms. The van der Waals surface area contributed by atoms with Gasteiger partial charge in [-0.3, -0.25) is 9.69 Å². The van der Waals surface area contributed by atoms with Gasteiger partial charge in [0.05, 0.1) is 35.5 Å². The molecule has 0 unspecified atom stereocenters. The Hall–Kier alpha value is -2.53. The van der Waals surface area contributed by atoms with Crippen LogP contribution in [-0.4, -0.2) is 37.8 Å². The smallest absolute Gasteiger partial charge is 0.228 e. The van der Waals surface area contributed by atoms with Crippen LogP contribution >= 0.6 is 11.6 Å². The molecule has 0 heterocycles. The zero-order valence-corrected chi connectivity index (χ0v) is 16.5. The number of hydrogen-bond acceptors (Lipinski definition) is 3. The van der Waals surface area contributed by atoms with Crippen LogP contribution in [0.5, 0.6) is 5.75 Å². The normalized spacial score (nSPS) is 10.8. The fraction of sp³-hybridized carbons (Fsp3) is 0.300. The lowest BCUT2D eigenvalue weighted by Gasteiger charge is -2.25. The summed E-state index contributed by atoms with van der Waals surface area (Å²) in [6.07, 6.45) is 1.74. The number of benzene rings is 2. The lowest BCUT2D eigenvalue weighted by atomic mass is 10.1. The zero-order chi connectivity index (χ0) is 19.3. The van der Waals surface area contributed by atoms with Crippen molar-refractivity contribution in [1.82, 2.24) is 4.90 Å². The lowest BCUT2D eigenvalue weighted by molar-refractivity contribution is -0.115. The van der Waals surface area contributed by atoms with Crippen LogP contribution in [0.15, 0.2) is 41.4 Å². The van der Waals surface area contributed by atoms with E-state index >= 15 is 0 Å². The Bertz CT molecular complexity index is 821. The van der Waals surface area contributed by atoms with Crippen molar-refractivity contribution in [2.75, 3.05) is 25.6 Å². The van der Waals surface area contributed by atoms with Gasteiger partial charge in [0.1, 0.15) is 5.75 Å². The van der Waals surface area contributed by atoms with E-state index in [-0.39, 0.29) is 5.91 Å². The van der Waals surface area contributed by atoms with Gasteiger partial charge in [-0.25, -0.2) is 4.99 Å². The summed E-state index contributed by atoms with van der Waals surface area (Å²) in [5.74, 6) is 0.487. The van der Waals surface area contributed by atoms with Crippen molar-refractivity contribution in [2.45, 2.75) is 20.8 Å². The van der Waals surface area contributed by atoms with Gasteiger partial charge < -0.3 is 9.64 Å². The molecule has 0 bridgehead atoms. The average molecular weight is 374 g/mol. The molecule has 138 valence electrons. The van der Waals surface area contributed by atoms with Crippen LogP contribution < -0.4 is 9.64 Å². The van der Waals surface area contributed by atoms with Gasteiger partial charge in [-0.2, -0.15) is 0 Å². The van der Waals surface area contributed by atoms with E-state index in [1.54, 1.807) is 24.4 Å². The van der Waals surface area contributed by atoms with Crippen molar-refractivity contribution in [1.29, 1.82) is 0 Å². The van der Waals surface area contributed by atoms with E-state index < -0.39 is 0 Å². The number of aliphatic imine (C=N–C) groups is 1. The van der Waals surface area contributed by atoms with Crippen LogP contribution in [0, 0.1) is 6.92 Å². The molecular weight excluding hydrogens is 350 g/mol. The summed E-state index contributed by atoms with van der Waals surface area (Å²) in [6, 6.07) is 11.0. The van der Waals surface area contributed by atoms with Crippen molar-refractivity contribution in [3.05, 3.63) is 47.0 Å². The predicted octanol–water partition coefficient (Wildman–Crippen LogP) is 4.95. The second kappa shape index (κ2) is 8.72. The summed E-state index contributed by atoms with van der Waals surface area (Å²) in [4.78, 5) is 20.4. The van der Waals surface area contributed by atoms with E-state index in [2.05, 4.69) is 4.99 Å². The number of rotatable bonds is 6. The fourth-order valence-corrected chi connectivity index (χ4v) is 2.73. The number of halogens is 1. The van der Waals surface area contributed by atoms with E-state index in [0.29, 0.717) is 27.8 Å². The topological polar surface area (TPSA) is 45.1 Å².